The third-order valence-corrected chi connectivity index (χ3v) is 5.51. The van der Waals surface area contributed by atoms with Crippen LogP contribution in [0.3, 0.4) is 0 Å². The molecule has 126 valence electrons. The van der Waals surface area contributed by atoms with Crippen molar-refractivity contribution in [3.63, 3.8) is 0 Å². The van der Waals surface area contributed by atoms with Gasteiger partial charge < -0.3 is 10.2 Å². The highest BCUT2D eigenvalue weighted by molar-refractivity contribution is 5.20. The minimum atomic E-state index is 0.148. The molecule has 0 aromatic carbocycles. The highest BCUT2D eigenvalue weighted by Gasteiger charge is 2.40. The molecule has 2 rings (SSSR count). The van der Waals surface area contributed by atoms with Crippen LogP contribution in [0.4, 0.5) is 0 Å². The Hall–Kier alpha value is -1.70. The zero-order chi connectivity index (χ0) is 16.9. The molecule has 2 atom stereocenters. The van der Waals surface area contributed by atoms with Crippen LogP contribution in [0, 0.1) is 10.8 Å². The van der Waals surface area contributed by atoms with E-state index >= 15 is 0 Å². The van der Waals surface area contributed by atoms with E-state index in [-0.39, 0.29) is 10.8 Å². The summed E-state index contributed by atoms with van der Waals surface area (Å²) in [6.45, 7) is 17.0. The Bertz CT molecular complexity index is 528. The van der Waals surface area contributed by atoms with Gasteiger partial charge in [0.2, 0.25) is 0 Å². The van der Waals surface area contributed by atoms with Crippen LogP contribution in [0.5, 0.6) is 0 Å². The summed E-state index contributed by atoms with van der Waals surface area (Å²) >= 11 is 0. The summed E-state index contributed by atoms with van der Waals surface area (Å²) in [5.74, 6) is 0. The summed E-state index contributed by atoms with van der Waals surface area (Å²) < 4.78 is 0. The summed E-state index contributed by atoms with van der Waals surface area (Å²) in [7, 11) is 1.98. The number of hydrogen-bond acceptors (Lipinski definition) is 2. The van der Waals surface area contributed by atoms with Gasteiger partial charge in [0.1, 0.15) is 0 Å². The van der Waals surface area contributed by atoms with Gasteiger partial charge in [0.15, 0.2) is 0 Å². The van der Waals surface area contributed by atoms with E-state index in [1.54, 1.807) is 0 Å². The van der Waals surface area contributed by atoms with Crippen molar-refractivity contribution < 1.29 is 0 Å². The van der Waals surface area contributed by atoms with Crippen LogP contribution in [0.25, 0.3) is 0 Å². The molecular weight excluding hydrogens is 280 g/mol. The van der Waals surface area contributed by atoms with Crippen molar-refractivity contribution in [2.75, 3.05) is 20.1 Å². The van der Waals surface area contributed by atoms with E-state index in [0.29, 0.717) is 0 Å². The maximum absolute atomic E-state index is 4.40. The van der Waals surface area contributed by atoms with E-state index in [2.05, 4.69) is 61.2 Å². The fraction of sp³-hybridized carbons (Fsp3) is 0.524. The third-order valence-electron chi connectivity index (χ3n) is 5.51. The number of nitrogens with one attached hydrogen (secondary N) is 1. The van der Waals surface area contributed by atoms with Crippen LogP contribution < -0.4 is 5.32 Å². The normalized spacial score (nSPS) is 29.6. The molecule has 1 aliphatic carbocycles. The molecule has 1 aliphatic heterocycles. The third kappa shape index (κ3) is 3.99. The molecule has 2 aliphatic rings. The molecule has 2 nitrogen and oxygen atoms in total. The van der Waals surface area contributed by atoms with Gasteiger partial charge in [-0.15, -0.1) is 6.58 Å². The average molecular weight is 313 g/mol. The van der Waals surface area contributed by atoms with Crippen LogP contribution in [-0.4, -0.2) is 25.0 Å². The standard InChI is InChI=1S/C21H32N2/c1-6-7-13-21(19(3)22-5)14-15-23(17-21)18(2)16-20(4)11-9-8-10-12-20/h6,8-11,22H,1-3,7,12-17H2,4-5H3. The lowest BCUT2D eigenvalue weighted by Gasteiger charge is -2.34. The Labute approximate surface area is 142 Å². The van der Waals surface area contributed by atoms with Gasteiger partial charge >= 0.3 is 0 Å². The first-order valence-corrected chi connectivity index (χ1v) is 8.70. The first-order valence-electron chi connectivity index (χ1n) is 8.70. The Morgan fingerprint density at radius 3 is 2.74 bits per heavy atom. The second-order valence-electron chi connectivity index (χ2n) is 7.40. The summed E-state index contributed by atoms with van der Waals surface area (Å²) in [5, 5.41) is 3.30. The van der Waals surface area contributed by atoms with E-state index in [1.165, 1.54) is 5.70 Å². The molecule has 1 fully saturated rings. The Morgan fingerprint density at radius 2 is 2.13 bits per heavy atom. The molecule has 2 unspecified atom stereocenters. The number of hydrogen-bond donors (Lipinski definition) is 1. The Morgan fingerprint density at radius 1 is 1.35 bits per heavy atom. The van der Waals surface area contributed by atoms with Crippen molar-refractivity contribution in [3.8, 4) is 0 Å². The highest BCUT2D eigenvalue weighted by Crippen LogP contribution is 2.43. The Kier molecular flexibility index (Phi) is 5.56. The second kappa shape index (κ2) is 7.25. The molecule has 0 aromatic rings. The molecular formula is C21H32N2. The molecule has 1 N–H and O–H groups in total. The van der Waals surface area contributed by atoms with Gasteiger partial charge in [0.25, 0.3) is 0 Å². The maximum Gasteiger partial charge on any atom is 0.0289 e. The van der Waals surface area contributed by atoms with Gasteiger partial charge in [-0.2, -0.15) is 0 Å². The van der Waals surface area contributed by atoms with E-state index in [0.717, 1.165) is 50.9 Å². The molecule has 1 saturated heterocycles. The largest absolute Gasteiger partial charge is 0.391 e. The van der Waals surface area contributed by atoms with Crippen molar-refractivity contribution in [3.05, 3.63) is 61.5 Å². The van der Waals surface area contributed by atoms with Crippen LogP contribution in [0.15, 0.2) is 61.5 Å². The lowest BCUT2D eigenvalue weighted by molar-refractivity contribution is 0.285. The second-order valence-corrected chi connectivity index (χ2v) is 7.40. The lowest BCUT2D eigenvalue weighted by Crippen LogP contribution is -2.33. The summed E-state index contributed by atoms with van der Waals surface area (Å²) in [6.07, 6.45) is 16.3. The predicted octanol–water partition coefficient (Wildman–Crippen LogP) is 4.80. The molecule has 23 heavy (non-hydrogen) atoms. The predicted molar refractivity (Wildman–Crippen MR) is 101 cm³/mol. The minimum absolute atomic E-state index is 0.148. The number of likely N-dealkylation sites (tertiary alicyclic amines) is 1. The van der Waals surface area contributed by atoms with E-state index in [1.807, 2.05) is 13.1 Å². The smallest absolute Gasteiger partial charge is 0.0289 e. The van der Waals surface area contributed by atoms with Crippen molar-refractivity contribution in [2.45, 2.75) is 39.0 Å². The van der Waals surface area contributed by atoms with E-state index < -0.39 is 0 Å². The summed E-state index contributed by atoms with van der Waals surface area (Å²) in [5.41, 5.74) is 2.77. The molecule has 0 spiro atoms. The number of nitrogens with zero attached hydrogens (tertiary/aromatic N) is 1. The van der Waals surface area contributed by atoms with Gasteiger partial charge in [-0.3, -0.25) is 0 Å². The average Bonchev–Trinajstić information content (AvgIpc) is 2.98. The van der Waals surface area contributed by atoms with E-state index in [9.17, 15) is 0 Å². The molecule has 0 aromatic heterocycles. The van der Waals surface area contributed by atoms with Gasteiger partial charge in [-0.05, 0) is 37.5 Å². The number of rotatable bonds is 8. The van der Waals surface area contributed by atoms with Crippen molar-refractivity contribution >= 4 is 0 Å². The van der Waals surface area contributed by atoms with Crippen molar-refractivity contribution in [2.24, 2.45) is 10.8 Å². The number of allylic oxidation sites excluding steroid dienone is 6. The van der Waals surface area contributed by atoms with Crippen molar-refractivity contribution in [1.82, 2.24) is 10.2 Å². The van der Waals surface area contributed by atoms with Crippen molar-refractivity contribution in [1.29, 1.82) is 0 Å². The van der Waals surface area contributed by atoms with E-state index in [4.69, 9.17) is 0 Å². The topological polar surface area (TPSA) is 15.3 Å². The van der Waals surface area contributed by atoms with Crippen LogP contribution >= 0.6 is 0 Å². The first-order chi connectivity index (χ1) is 10.9. The van der Waals surface area contributed by atoms with Crippen LogP contribution in [0.2, 0.25) is 0 Å². The monoisotopic (exact) mass is 312 g/mol. The van der Waals surface area contributed by atoms with Crippen LogP contribution in [0.1, 0.15) is 39.0 Å². The van der Waals surface area contributed by atoms with Gasteiger partial charge in [0.05, 0.1) is 0 Å². The van der Waals surface area contributed by atoms with Gasteiger partial charge in [-0.25, -0.2) is 0 Å². The van der Waals surface area contributed by atoms with Gasteiger partial charge in [0, 0.05) is 36.9 Å². The molecule has 2 heteroatoms. The maximum atomic E-state index is 4.40. The highest BCUT2D eigenvalue weighted by atomic mass is 15.2. The molecule has 0 amide bonds. The first kappa shape index (κ1) is 17.7. The fourth-order valence-corrected chi connectivity index (χ4v) is 3.87. The Balaban J connectivity index is 2.03. The SMILES string of the molecule is C=CCCC1(C(=C)NC)CCN(C(=C)CC2(C)C=CC=CC2)C1. The zero-order valence-electron chi connectivity index (χ0n) is 14.9. The molecule has 0 saturated carbocycles. The molecule has 0 radical (unpaired) electrons. The summed E-state index contributed by atoms with van der Waals surface area (Å²) in [4.78, 5) is 2.48. The van der Waals surface area contributed by atoms with Gasteiger partial charge in [-0.1, -0.05) is 50.5 Å². The lowest BCUT2D eigenvalue weighted by atomic mass is 9.79. The fourth-order valence-electron chi connectivity index (χ4n) is 3.87. The zero-order valence-corrected chi connectivity index (χ0v) is 14.9. The minimum Gasteiger partial charge on any atom is -0.391 e. The summed E-state index contributed by atoms with van der Waals surface area (Å²) in [6, 6.07) is 0. The molecule has 0 bridgehead atoms. The quantitative estimate of drug-likeness (QED) is 0.647. The molecule has 1 heterocycles. The van der Waals surface area contributed by atoms with Crippen LogP contribution in [-0.2, 0) is 0 Å².